The standard InChI is InChI=1S/C28H31N3O2/c1-27(2)22-12-6-7-13-23(22)31(16-17-32)28(27)19-29-26-21-11-5-4-10-20(21)24(18-25(26)33-28)30-14-8-3-9-15-30/h4-7,10-13,18-19,32H,3,8-9,14-17H2,1-2H3. The summed E-state index contributed by atoms with van der Waals surface area (Å²) in [5, 5.41) is 12.3. The van der Waals surface area contributed by atoms with Crippen LogP contribution >= 0.6 is 0 Å². The number of aliphatic hydroxyl groups is 1. The highest BCUT2D eigenvalue weighted by molar-refractivity contribution is 6.06. The number of ether oxygens (including phenoxy) is 1. The lowest BCUT2D eigenvalue weighted by Gasteiger charge is -2.46. The minimum Gasteiger partial charge on any atom is -0.459 e. The van der Waals surface area contributed by atoms with Gasteiger partial charge in [0.2, 0.25) is 5.72 Å². The summed E-state index contributed by atoms with van der Waals surface area (Å²) in [6.07, 6.45) is 5.71. The van der Waals surface area contributed by atoms with E-state index in [1.54, 1.807) is 0 Å². The molecule has 0 saturated carbocycles. The number of piperidine rings is 1. The van der Waals surface area contributed by atoms with Gasteiger partial charge in [-0.25, -0.2) is 0 Å². The maximum atomic E-state index is 9.94. The Morgan fingerprint density at radius 1 is 0.939 bits per heavy atom. The number of fused-ring (bicyclic) bond motifs is 4. The molecule has 3 aromatic carbocycles. The molecular formula is C28H31N3O2. The zero-order chi connectivity index (χ0) is 22.6. The van der Waals surface area contributed by atoms with Crippen LogP contribution in [0.3, 0.4) is 0 Å². The minimum absolute atomic E-state index is 0.0486. The number of benzene rings is 3. The van der Waals surface area contributed by atoms with Crippen LogP contribution < -0.4 is 14.5 Å². The summed E-state index contributed by atoms with van der Waals surface area (Å²) in [4.78, 5) is 9.75. The molecule has 1 N–H and O–H groups in total. The van der Waals surface area contributed by atoms with E-state index in [-0.39, 0.29) is 12.0 Å². The quantitative estimate of drug-likeness (QED) is 0.590. The third-order valence-electron chi connectivity index (χ3n) is 7.78. The first-order valence-corrected chi connectivity index (χ1v) is 12.1. The van der Waals surface area contributed by atoms with Crippen molar-refractivity contribution in [3.05, 3.63) is 60.2 Å². The Morgan fingerprint density at radius 3 is 2.45 bits per heavy atom. The first-order valence-electron chi connectivity index (χ1n) is 12.1. The average molecular weight is 442 g/mol. The first-order chi connectivity index (χ1) is 16.1. The van der Waals surface area contributed by atoms with Crippen molar-refractivity contribution in [2.24, 2.45) is 4.99 Å². The Labute approximate surface area is 195 Å². The van der Waals surface area contributed by atoms with Crippen LogP contribution in [0.15, 0.2) is 59.6 Å². The van der Waals surface area contributed by atoms with Crippen LogP contribution in [-0.2, 0) is 5.41 Å². The monoisotopic (exact) mass is 441 g/mol. The van der Waals surface area contributed by atoms with Crippen molar-refractivity contribution in [1.82, 2.24) is 0 Å². The van der Waals surface area contributed by atoms with Crippen molar-refractivity contribution >= 4 is 34.0 Å². The van der Waals surface area contributed by atoms with Gasteiger partial charge in [-0.15, -0.1) is 0 Å². The molecule has 0 amide bonds. The highest BCUT2D eigenvalue weighted by Crippen LogP contribution is 2.55. The van der Waals surface area contributed by atoms with Crippen LogP contribution in [0.1, 0.15) is 38.7 Å². The lowest BCUT2D eigenvalue weighted by Crippen LogP contribution is -2.62. The molecule has 1 saturated heterocycles. The fourth-order valence-corrected chi connectivity index (χ4v) is 6.02. The van der Waals surface area contributed by atoms with Gasteiger partial charge in [0.05, 0.1) is 18.2 Å². The van der Waals surface area contributed by atoms with Gasteiger partial charge in [0.25, 0.3) is 0 Å². The fourth-order valence-electron chi connectivity index (χ4n) is 6.02. The maximum absolute atomic E-state index is 9.94. The van der Waals surface area contributed by atoms with Gasteiger partial charge in [-0.3, -0.25) is 4.99 Å². The molecule has 3 aromatic rings. The molecule has 0 bridgehead atoms. The van der Waals surface area contributed by atoms with Crippen molar-refractivity contribution in [3.8, 4) is 5.75 Å². The van der Waals surface area contributed by atoms with Gasteiger partial charge in [0.1, 0.15) is 5.69 Å². The second-order valence-corrected chi connectivity index (χ2v) is 9.91. The summed E-state index contributed by atoms with van der Waals surface area (Å²) in [5.74, 6) is 0.820. The van der Waals surface area contributed by atoms with Crippen molar-refractivity contribution in [2.45, 2.75) is 44.2 Å². The summed E-state index contributed by atoms with van der Waals surface area (Å²) < 4.78 is 7.02. The number of hydrogen-bond donors (Lipinski definition) is 1. The molecule has 1 fully saturated rings. The normalized spacial score (nSPS) is 23.0. The number of para-hydroxylation sites is 1. The molecule has 3 aliphatic heterocycles. The van der Waals surface area contributed by atoms with Crippen LogP contribution in [-0.4, -0.2) is 43.3 Å². The third kappa shape index (κ3) is 2.85. The largest absolute Gasteiger partial charge is 0.459 e. The molecule has 5 heteroatoms. The van der Waals surface area contributed by atoms with Crippen LogP contribution in [0.5, 0.6) is 5.75 Å². The second-order valence-electron chi connectivity index (χ2n) is 9.91. The smallest absolute Gasteiger partial charge is 0.229 e. The topological polar surface area (TPSA) is 48.3 Å². The first kappa shape index (κ1) is 20.5. The van der Waals surface area contributed by atoms with E-state index in [1.165, 1.54) is 35.9 Å². The van der Waals surface area contributed by atoms with E-state index in [4.69, 9.17) is 9.73 Å². The van der Waals surface area contributed by atoms with Crippen LogP contribution in [0.2, 0.25) is 0 Å². The van der Waals surface area contributed by atoms with Gasteiger partial charge in [-0.05, 0) is 44.7 Å². The van der Waals surface area contributed by atoms with E-state index >= 15 is 0 Å². The molecule has 0 aromatic heterocycles. The Kier molecular flexibility index (Phi) is 4.66. The number of aliphatic imine (C=N–C) groups is 1. The number of β-amino-alcohol motifs (C(OH)–C–C–N with tert-alkyl or cyclic N) is 1. The Balaban J connectivity index is 1.54. The van der Waals surface area contributed by atoms with Gasteiger partial charge < -0.3 is 19.6 Å². The molecule has 1 unspecified atom stereocenters. The zero-order valence-electron chi connectivity index (χ0n) is 19.4. The number of rotatable bonds is 3. The van der Waals surface area contributed by atoms with Crippen molar-refractivity contribution < 1.29 is 9.84 Å². The number of anilines is 2. The summed E-state index contributed by atoms with van der Waals surface area (Å²) in [5.41, 5.74) is 3.30. The van der Waals surface area contributed by atoms with Gasteiger partial charge in [0.15, 0.2) is 5.75 Å². The maximum Gasteiger partial charge on any atom is 0.229 e. The Hall–Kier alpha value is -3.05. The molecular weight excluding hydrogens is 410 g/mol. The van der Waals surface area contributed by atoms with E-state index in [1.807, 2.05) is 12.3 Å². The molecule has 0 aliphatic carbocycles. The SMILES string of the molecule is CC1(C)c2ccccc2N(CCO)C12C=Nc1c(cc(N3CCCCC3)c3ccccc13)O2. The predicted octanol–water partition coefficient (Wildman–Crippen LogP) is 5.41. The Morgan fingerprint density at radius 2 is 1.67 bits per heavy atom. The molecule has 3 aliphatic rings. The Bertz CT molecular complexity index is 1250. The van der Waals surface area contributed by atoms with E-state index in [9.17, 15) is 5.11 Å². The van der Waals surface area contributed by atoms with Crippen LogP contribution in [0, 0.1) is 0 Å². The molecule has 6 rings (SSSR count). The number of nitrogens with zero attached hydrogens (tertiary/aromatic N) is 3. The highest BCUT2D eigenvalue weighted by Gasteiger charge is 2.59. The van der Waals surface area contributed by atoms with Gasteiger partial charge in [-0.2, -0.15) is 0 Å². The second kappa shape index (κ2) is 7.49. The lowest BCUT2D eigenvalue weighted by atomic mass is 9.77. The zero-order valence-corrected chi connectivity index (χ0v) is 19.4. The van der Waals surface area contributed by atoms with E-state index in [2.05, 4.69) is 72.2 Å². The van der Waals surface area contributed by atoms with E-state index in [0.717, 1.165) is 35.6 Å². The molecule has 170 valence electrons. The summed E-state index contributed by atoms with van der Waals surface area (Å²) in [6, 6.07) is 19.2. The van der Waals surface area contributed by atoms with Crippen molar-refractivity contribution in [3.63, 3.8) is 0 Å². The molecule has 3 heterocycles. The third-order valence-corrected chi connectivity index (χ3v) is 7.78. The summed E-state index contributed by atoms with van der Waals surface area (Å²) in [6.45, 7) is 7.11. The molecule has 1 spiro atoms. The molecule has 0 radical (unpaired) electrons. The highest BCUT2D eigenvalue weighted by atomic mass is 16.5. The molecule has 33 heavy (non-hydrogen) atoms. The van der Waals surface area contributed by atoms with Gasteiger partial charge >= 0.3 is 0 Å². The van der Waals surface area contributed by atoms with E-state index in [0.29, 0.717) is 6.54 Å². The number of hydrogen-bond acceptors (Lipinski definition) is 5. The number of aliphatic hydroxyl groups excluding tert-OH is 1. The molecule has 5 nitrogen and oxygen atoms in total. The lowest BCUT2D eigenvalue weighted by molar-refractivity contribution is 0.0743. The fraction of sp³-hybridized carbons (Fsp3) is 0.393. The average Bonchev–Trinajstić information content (AvgIpc) is 3.03. The van der Waals surface area contributed by atoms with Crippen molar-refractivity contribution in [1.29, 1.82) is 0 Å². The van der Waals surface area contributed by atoms with Crippen LogP contribution in [0.4, 0.5) is 17.1 Å². The van der Waals surface area contributed by atoms with E-state index < -0.39 is 5.72 Å². The summed E-state index contributed by atoms with van der Waals surface area (Å²) in [7, 11) is 0. The summed E-state index contributed by atoms with van der Waals surface area (Å²) >= 11 is 0. The van der Waals surface area contributed by atoms with Crippen molar-refractivity contribution in [2.75, 3.05) is 36.0 Å². The predicted molar refractivity (Wildman–Crippen MR) is 135 cm³/mol. The van der Waals surface area contributed by atoms with Gasteiger partial charge in [0, 0.05) is 47.8 Å². The minimum atomic E-state index is -0.798. The molecule has 1 atom stereocenters. The van der Waals surface area contributed by atoms with Crippen LogP contribution in [0.25, 0.3) is 10.8 Å². The van der Waals surface area contributed by atoms with Gasteiger partial charge in [-0.1, -0.05) is 42.5 Å².